The van der Waals surface area contributed by atoms with E-state index in [9.17, 15) is 0 Å². The van der Waals surface area contributed by atoms with Gasteiger partial charge < -0.3 is 0 Å². The molecular weight excluding hydrogens is 268 g/mol. The molecule has 0 radical (unpaired) electrons. The molecule has 1 atom stereocenters. The van der Waals surface area contributed by atoms with Gasteiger partial charge in [0.25, 0.3) is 0 Å². The highest BCUT2D eigenvalue weighted by Crippen LogP contribution is 2.37. The van der Waals surface area contributed by atoms with Crippen LogP contribution in [0.3, 0.4) is 0 Å². The quantitative estimate of drug-likeness (QED) is 0.499. The van der Waals surface area contributed by atoms with Crippen molar-refractivity contribution in [3.05, 3.63) is 21.3 Å². The zero-order valence-electron chi connectivity index (χ0n) is 7.72. The second-order valence-corrected chi connectivity index (χ2v) is 5.56. The maximum absolute atomic E-state index is 6.03. The van der Waals surface area contributed by atoms with E-state index in [2.05, 4.69) is 22.9 Å². The molecule has 0 saturated heterocycles. The van der Waals surface area contributed by atoms with Crippen molar-refractivity contribution in [1.29, 1.82) is 0 Å². The average molecular weight is 282 g/mol. The van der Waals surface area contributed by atoms with E-state index in [0.717, 1.165) is 5.02 Å². The van der Waals surface area contributed by atoms with Crippen LogP contribution in [-0.2, 0) is 0 Å². The third-order valence-electron chi connectivity index (χ3n) is 1.99. The van der Waals surface area contributed by atoms with Crippen molar-refractivity contribution < 1.29 is 0 Å². The van der Waals surface area contributed by atoms with Gasteiger partial charge >= 0.3 is 0 Å². The van der Waals surface area contributed by atoms with Crippen LogP contribution >= 0.6 is 38.9 Å². The Labute approximate surface area is 97.4 Å². The highest BCUT2D eigenvalue weighted by atomic mass is 79.9. The van der Waals surface area contributed by atoms with E-state index in [1.54, 1.807) is 11.3 Å². The fraction of sp³-hybridized carbons (Fsp3) is 0.600. The summed E-state index contributed by atoms with van der Waals surface area (Å²) in [5.41, 5.74) is 0. The van der Waals surface area contributed by atoms with E-state index < -0.39 is 0 Å². The molecule has 1 rings (SSSR count). The average Bonchev–Trinajstić information content (AvgIpc) is 2.52. The van der Waals surface area contributed by atoms with Crippen LogP contribution < -0.4 is 0 Å². The van der Waals surface area contributed by atoms with Crippen LogP contribution in [0.1, 0.15) is 42.3 Å². The lowest BCUT2D eigenvalue weighted by Crippen LogP contribution is -1.87. The second kappa shape index (κ2) is 6.05. The molecule has 0 aliphatic carbocycles. The monoisotopic (exact) mass is 280 g/mol. The van der Waals surface area contributed by atoms with Gasteiger partial charge in [-0.3, -0.25) is 0 Å². The predicted octanol–water partition coefficient (Wildman–Crippen LogP) is 5.42. The minimum atomic E-state index is 0.451. The van der Waals surface area contributed by atoms with Crippen LogP contribution in [0.5, 0.6) is 0 Å². The van der Waals surface area contributed by atoms with Crippen molar-refractivity contribution in [2.45, 2.75) is 37.4 Å². The Bertz CT molecular complexity index is 247. The van der Waals surface area contributed by atoms with Crippen molar-refractivity contribution in [3.8, 4) is 0 Å². The molecule has 0 aliphatic rings. The van der Waals surface area contributed by atoms with Gasteiger partial charge in [-0.1, -0.05) is 53.7 Å². The van der Waals surface area contributed by atoms with Gasteiger partial charge in [0.1, 0.15) is 0 Å². The molecule has 0 spiro atoms. The molecule has 0 aliphatic heterocycles. The maximum Gasteiger partial charge on any atom is 0.0556 e. The summed E-state index contributed by atoms with van der Waals surface area (Å²) >= 11 is 11.4. The molecule has 0 fully saturated rings. The van der Waals surface area contributed by atoms with Crippen LogP contribution in [0.15, 0.2) is 11.4 Å². The summed E-state index contributed by atoms with van der Waals surface area (Å²) in [7, 11) is 0. The fourth-order valence-corrected chi connectivity index (χ4v) is 3.46. The third-order valence-corrected chi connectivity index (χ3v) is 4.68. The van der Waals surface area contributed by atoms with Crippen molar-refractivity contribution in [1.82, 2.24) is 0 Å². The molecule has 0 saturated carbocycles. The Balaban J connectivity index is 2.39. The van der Waals surface area contributed by atoms with Gasteiger partial charge in [0, 0.05) is 4.88 Å². The molecule has 3 heteroatoms. The topological polar surface area (TPSA) is 0 Å². The SMILES string of the molecule is CCCCCC(Br)c1sccc1Cl. The summed E-state index contributed by atoms with van der Waals surface area (Å²) in [5.74, 6) is 0. The lowest BCUT2D eigenvalue weighted by Gasteiger charge is -2.07. The molecule has 1 heterocycles. The minimum Gasteiger partial charge on any atom is -0.146 e. The first kappa shape index (κ1) is 11.5. The zero-order valence-corrected chi connectivity index (χ0v) is 10.9. The Hall–Kier alpha value is 0.470. The lowest BCUT2D eigenvalue weighted by atomic mass is 10.1. The molecule has 13 heavy (non-hydrogen) atoms. The summed E-state index contributed by atoms with van der Waals surface area (Å²) in [6, 6.07) is 1.97. The highest BCUT2D eigenvalue weighted by Gasteiger charge is 2.11. The van der Waals surface area contributed by atoms with Crippen LogP contribution in [0.4, 0.5) is 0 Å². The number of thiophene rings is 1. The molecular formula is C10H14BrClS. The Morgan fingerprint density at radius 1 is 1.54 bits per heavy atom. The first-order chi connectivity index (χ1) is 6.25. The highest BCUT2D eigenvalue weighted by molar-refractivity contribution is 9.09. The summed E-state index contributed by atoms with van der Waals surface area (Å²) < 4.78 is 0. The summed E-state index contributed by atoms with van der Waals surface area (Å²) in [5, 5.41) is 2.95. The van der Waals surface area contributed by atoms with Crippen LogP contribution in [-0.4, -0.2) is 0 Å². The fourth-order valence-electron chi connectivity index (χ4n) is 1.23. The standard InChI is InChI=1S/C10H14BrClS/c1-2-3-4-5-8(11)10-9(12)6-7-13-10/h6-8H,2-5H2,1H3. The maximum atomic E-state index is 6.03. The number of hydrogen-bond acceptors (Lipinski definition) is 1. The van der Waals surface area contributed by atoms with Gasteiger partial charge in [-0.25, -0.2) is 0 Å². The molecule has 1 unspecified atom stereocenters. The largest absolute Gasteiger partial charge is 0.146 e. The van der Waals surface area contributed by atoms with Crippen LogP contribution in [0, 0.1) is 0 Å². The van der Waals surface area contributed by atoms with Gasteiger partial charge in [0.2, 0.25) is 0 Å². The molecule has 0 nitrogen and oxygen atoms in total. The van der Waals surface area contributed by atoms with E-state index >= 15 is 0 Å². The van der Waals surface area contributed by atoms with Gasteiger partial charge in [-0.2, -0.15) is 0 Å². The third kappa shape index (κ3) is 3.61. The van der Waals surface area contributed by atoms with Gasteiger partial charge in [0.05, 0.1) is 9.85 Å². The van der Waals surface area contributed by atoms with Crippen LogP contribution in [0.2, 0.25) is 5.02 Å². The van der Waals surface area contributed by atoms with Crippen molar-refractivity contribution >= 4 is 38.9 Å². The molecule has 0 bridgehead atoms. The predicted molar refractivity (Wildman–Crippen MR) is 65.1 cm³/mol. The lowest BCUT2D eigenvalue weighted by molar-refractivity contribution is 0.667. The molecule has 1 aromatic rings. The van der Waals surface area contributed by atoms with Crippen molar-refractivity contribution in [2.24, 2.45) is 0 Å². The second-order valence-electron chi connectivity index (χ2n) is 3.10. The number of rotatable bonds is 5. The van der Waals surface area contributed by atoms with E-state index in [-0.39, 0.29) is 0 Å². The van der Waals surface area contributed by atoms with Gasteiger partial charge in [-0.15, -0.1) is 11.3 Å². The Morgan fingerprint density at radius 2 is 2.31 bits per heavy atom. The van der Waals surface area contributed by atoms with Crippen LogP contribution in [0.25, 0.3) is 0 Å². The molecule has 0 aromatic carbocycles. The smallest absolute Gasteiger partial charge is 0.0556 e. The van der Waals surface area contributed by atoms with E-state index in [1.807, 2.05) is 11.4 Å². The van der Waals surface area contributed by atoms with E-state index in [0.29, 0.717) is 4.83 Å². The summed E-state index contributed by atoms with van der Waals surface area (Å²) in [6.07, 6.45) is 5.05. The van der Waals surface area contributed by atoms with Crippen molar-refractivity contribution in [2.75, 3.05) is 0 Å². The number of hydrogen-bond donors (Lipinski definition) is 0. The Morgan fingerprint density at radius 3 is 2.85 bits per heavy atom. The normalized spacial score (nSPS) is 13.2. The molecule has 74 valence electrons. The first-order valence-electron chi connectivity index (χ1n) is 4.62. The van der Waals surface area contributed by atoms with Gasteiger partial charge in [-0.05, 0) is 17.9 Å². The number of alkyl halides is 1. The van der Waals surface area contributed by atoms with E-state index in [1.165, 1.54) is 30.6 Å². The molecule has 0 N–H and O–H groups in total. The molecule has 1 aromatic heterocycles. The van der Waals surface area contributed by atoms with Crippen molar-refractivity contribution in [3.63, 3.8) is 0 Å². The number of halogens is 2. The minimum absolute atomic E-state index is 0.451. The molecule has 0 amide bonds. The van der Waals surface area contributed by atoms with E-state index in [4.69, 9.17) is 11.6 Å². The Kier molecular flexibility index (Phi) is 5.37. The summed E-state index contributed by atoms with van der Waals surface area (Å²) in [4.78, 5) is 1.73. The number of unbranched alkanes of at least 4 members (excludes halogenated alkanes) is 2. The zero-order chi connectivity index (χ0) is 9.68. The summed E-state index contributed by atoms with van der Waals surface area (Å²) in [6.45, 7) is 2.22. The first-order valence-corrected chi connectivity index (χ1v) is 6.80. The van der Waals surface area contributed by atoms with Gasteiger partial charge in [0.15, 0.2) is 0 Å².